The molecule has 0 radical (unpaired) electrons. The van der Waals surface area contributed by atoms with Gasteiger partial charge in [-0.25, -0.2) is 4.98 Å². The first kappa shape index (κ1) is 14.7. The summed E-state index contributed by atoms with van der Waals surface area (Å²) in [5.74, 6) is 0.0401. The van der Waals surface area contributed by atoms with Gasteiger partial charge in [0.1, 0.15) is 5.01 Å². The van der Waals surface area contributed by atoms with Gasteiger partial charge in [-0.3, -0.25) is 9.89 Å². The zero-order valence-electron chi connectivity index (χ0n) is 12.1. The molecular weight excluding hydrogens is 272 g/mol. The van der Waals surface area contributed by atoms with Crippen LogP contribution >= 0.6 is 11.3 Å². The van der Waals surface area contributed by atoms with E-state index in [9.17, 15) is 4.79 Å². The Bertz CT molecular complexity index is 588. The molecule has 20 heavy (non-hydrogen) atoms. The van der Waals surface area contributed by atoms with E-state index in [0.29, 0.717) is 19.4 Å². The number of aromatic amines is 1. The topological polar surface area (TPSA) is 70.7 Å². The van der Waals surface area contributed by atoms with Crippen LogP contribution in [-0.4, -0.2) is 21.1 Å². The number of rotatable bonds is 6. The van der Waals surface area contributed by atoms with E-state index in [1.165, 1.54) is 0 Å². The highest BCUT2D eigenvalue weighted by molar-refractivity contribution is 7.09. The van der Waals surface area contributed by atoms with E-state index in [1.54, 1.807) is 11.3 Å². The quantitative estimate of drug-likeness (QED) is 0.858. The fourth-order valence-corrected chi connectivity index (χ4v) is 2.68. The van der Waals surface area contributed by atoms with Crippen molar-refractivity contribution in [3.05, 3.63) is 33.0 Å². The lowest BCUT2D eigenvalue weighted by molar-refractivity contribution is -0.121. The van der Waals surface area contributed by atoms with Gasteiger partial charge >= 0.3 is 0 Å². The molecule has 0 aliphatic carbocycles. The maximum absolute atomic E-state index is 11.8. The number of nitrogens with one attached hydrogen (secondary N) is 2. The molecular formula is C14H20N4OS. The minimum atomic E-state index is 0.0401. The van der Waals surface area contributed by atoms with Gasteiger partial charge in [0.25, 0.3) is 0 Å². The molecule has 6 heteroatoms. The van der Waals surface area contributed by atoms with Crippen LogP contribution in [0.5, 0.6) is 0 Å². The Kier molecular flexibility index (Phi) is 4.89. The second-order valence-electron chi connectivity index (χ2n) is 4.78. The van der Waals surface area contributed by atoms with Crippen LogP contribution in [0.1, 0.15) is 41.0 Å². The molecule has 2 aromatic rings. The van der Waals surface area contributed by atoms with Crippen molar-refractivity contribution in [1.82, 2.24) is 20.5 Å². The molecule has 2 N–H and O–H groups in total. The van der Waals surface area contributed by atoms with Crippen LogP contribution in [0.25, 0.3) is 0 Å². The van der Waals surface area contributed by atoms with Crippen molar-refractivity contribution < 1.29 is 4.79 Å². The first-order valence-corrected chi connectivity index (χ1v) is 7.68. The smallest absolute Gasteiger partial charge is 0.220 e. The van der Waals surface area contributed by atoms with Gasteiger partial charge in [-0.05, 0) is 25.8 Å². The van der Waals surface area contributed by atoms with Crippen LogP contribution in [0.4, 0.5) is 0 Å². The molecule has 0 fully saturated rings. The number of H-pyrrole nitrogens is 1. The average molecular weight is 292 g/mol. The lowest BCUT2D eigenvalue weighted by atomic mass is 10.1. The van der Waals surface area contributed by atoms with Gasteiger partial charge < -0.3 is 5.32 Å². The lowest BCUT2D eigenvalue weighted by Crippen LogP contribution is -2.23. The summed E-state index contributed by atoms with van der Waals surface area (Å²) >= 11 is 1.59. The van der Waals surface area contributed by atoms with Crippen molar-refractivity contribution in [3.8, 4) is 0 Å². The molecule has 0 bridgehead atoms. The number of carbonyl (C=O) groups is 1. The third-order valence-electron chi connectivity index (χ3n) is 3.34. The van der Waals surface area contributed by atoms with Crippen LogP contribution in [0.3, 0.4) is 0 Å². The van der Waals surface area contributed by atoms with E-state index >= 15 is 0 Å². The Balaban J connectivity index is 1.77. The number of carbonyl (C=O) groups excluding carboxylic acids is 1. The van der Waals surface area contributed by atoms with Crippen LogP contribution in [-0.2, 0) is 24.2 Å². The number of aromatic nitrogens is 3. The van der Waals surface area contributed by atoms with E-state index in [-0.39, 0.29) is 5.91 Å². The van der Waals surface area contributed by atoms with E-state index < -0.39 is 0 Å². The average Bonchev–Trinajstić information content (AvgIpc) is 3.03. The number of amides is 1. The predicted octanol–water partition coefficient (Wildman–Crippen LogP) is 2.29. The summed E-state index contributed by atoms with van der Waals surface area (Å²) in [7, 11) is 0. The Morgan fingerprint density at radius 2 is 2.25 bits per heavy atom. The normalized spacial score (nSPS) is 10.8. The Morgan fingerprint density at radius 1 is 1.45 bits per heavy atom. The molecule has 0 unspecified atom stereocenters. The second-order valence-corrected chi connectivity index (χ2v) is 5.73. The molecule has 2 heterocycles. The van der Waals surface area contributed by atoms with Crippen molar-refractivity contribution in [2.45, 2.75) is 46.6 Å². The van der Waals surface area contributed by atoms with Crippen LogP contribution in [0.2, 0.25) is 0 Å². The van der Waals surface area contributed by atoms with E-state index in [0.717, 1.165) is 34.1 Å². The van der Waals surface area contributed by atoms with Gasteiger partial charge in [0.15, 0.2) is 0 Å². The second kappa shape index (κ2) is 6.65. The molecule has 1 amide bonds. The molecule has 0 atom stereocenters. The van der Waals surface area contributed by atoms with Gasteiger partial charge in [0.05, 0.1) is 17.9 Å². The maximum atomic E-state index is 11.8. The summed E-state index contributed by atoms with van der Waals surface area (Å²) in [6.45, 7) is 6.60. The summed E-state index contributed by atoms with van der Waals surface area (Å²) in [6, 6.07) is 0. The van der Waals surface area contributed by atoms with Crippen molar-refractivity contribution >= 4 is 17.2 Å². The first-order chi connectivity index (χ1) is 9.60. The molecule has 0 saturated heterocycles. The number of aryl methyl sites for hydroxylation is 3. The molecule has 108 valence electrons. The predicted molar refractivity (Wildman–Crippen MR) is 79.7 cm³/mol. The highest BCUT2D eigenvalue weighted by atomic mass is 32.1. The minimum Gasteiger partial charge on any atom is -0.350 e. The lowest BCUT2D eigenvalue weighted by Gasteiger charge is -2.02. The van der Waals surface area contributed by atoms with Gasteiger partial charge in [-0.1, -0.05) is 6.92 Å². The highest BCUT2D eigenvalue weighted by Crippen LogP contribution is 2.11. The zero-order valence-corrected chi connectivity index (χ0v) is 12.9. The SMILES string of the molecule is CCc1csc(CNC(=O)CCc2n[nH]c(C)c2C)n1. The summed E-state index contributed by atoms with van der Waals surface area (Å²) in [5.41, 5.74) is 4.27. The van der Waals surface area contributed by atoms with Gasteiger partial charge in [0, 0.05) is 23.9 Å². The molecule has 0 aliphatic rings. The van der Waals surface area contributed by atoms with E-state index in [4.69, 9.17) is 0 Å². The first-order valence-electron chi connectivity index (χ1n) is 6.80. The highest BCUT2D eigenvalue weighted by Gasteiger charge is 2.09. The Morgan fingerprint density at radius 3 is 2.85 bits per heavy atom. The van der Waals surface area contributed by atoms with Crippen LogP contribution in [0, 0.1) is 13.8 Å². The van der Waals surface area contributed by atoms with Crippen LogP contribution in [0.15, 0.2) is 5.38 Å². The molecule has 0 aliphatic heterocycles. The monoisotopic (exact) mass is 292 g/mol. The maximum Gasteiger partial charge on any atom is 0.220 e. The molecule has 2 aromatic heterocycles. The van der Waals surface area contributed by atoms with Crippen LogP contribution < -0.4 is 5.32 Å². The summed E-state index contributed by atoms with van der Waals surface area (Å²) in [4.78, 5) is 16.2. The minimum absolute atomic E-state index is 0.0401. The van der Waals surface area contributed by atoms with Gasteiger partial charge in [0.2, 0.25) is 5.91 Å². The largest absolute Gasteiger partial charge is 0.350 e. The van der Waals surface area contributed by atoms with Gasteiger partial charge in [-0.15, -0.1) is 11.3 Å². The Hall–Kier alpha value is -1.69. The summed E-state index contributed by atoms with van der Waals surface area (Å²) in [6.07, 6.45) is 2.06. The van der Waals surface area contributed by atoms with Crippen molar-refractivity contribution in [3.63, 3.8) is 0 Å². The van der Waals surface area contributed by atoms with E-state index in [1.807, 2.05) is 19.2 Å². The number of thiazole rings is 1. The number of hydrogen-bond donors (Lipinski definition) is 2. The molecule has 0 saturated carbocycles. The standard InChI is InChI=1S/C14H20N4OS/c1-4-11-8-20-14(16-11)7-15-13(19)6-5-12-9(2)10(3)17-18-12/h8H,4-7H2,1-3H3,(H,15,19)(H,17,18). The number of nitrogens with zero attached hydrogens (tertiary/aromatic N) is 2. The third-order valence-corrected chi connectivity index (χ3v) is 4.24. The van der Waals surface area contributed by atoms with Crippen molar-refractivity contribution in [1.29, 1.82) is 0 Å². The Labute approximate surface area is 122 Å². The molecule has 5 nitrogen and oxygen atoms in total. The summed E-state index contributed by atoms with van der Waals surface area (Å²) in [5, 5.41) is 13.0. The molecule has 0 spiro atoms. The molecule has 0 aromatic carbocycles. The van der Waals surface area contributed by atoms with E-state index in [2.05, 4.69) is 27.4 Å². The fraction of sp³-hybridized carbons (Fsp3) is 0.500. The van der Waals surface area contributed by atoms with Crippen molar-refractivity contribution in [2.24, 2.45) is 0 Å². The summed E-state index contributed by atoms with van der Waals surface area (Å²) < 4.78 is 0. The number of hydrogen-bond acceptors (Lipinski definition) is 4. The zero-order chi connectivity index (χ0) is 14.5. The van der Waals surface area contributed by atoms with Crippen molar-refractivity contribution in [2.75, 3.05) is 0 Å². The van der Waals surface area contributed by atoms with Gasteiger partial charge in [-0.2, -0.15) is 5.10 Å². The third kappa shape index (κ3) is 3.66. The fourth-order valence-electron chi connectivity index (χ4n) is 1.87. The molecule has 2 rings (SSSR count).